The molecule has 0 aliphatic heterocycles. The van der Waals surface area contributed by atoms with E-state index in [-0.39, 0.29) is 19.5 Å². The molecule has 8 heteroatoms. The van der Waals surface area contributed by atoms with Gasteiger partial charge in [-0.15, -0.1) is 0 Å². The van der Waals surface area contributed by atoms with Gasteiger partial charge in [-0.2, -0.15) is 21.9 Å². The van der Waals surface area contributed by atoms with E-state index in [1.165, 1.54) is 43.3 Å². The summed E-state index contributed by atoms with van der Waals surface area (Å²) in [5.41, 5.74) is 8.83. The summed E-state index contributed by atoms with van der Waals surface area (Å²) in [6.45, 7) is 3.32. The van der Waals surface area contributed by atoms with E-state index < -0.39 is 20.0 Å². The fourth-order valence-electron chi connectivity index (χ4n) is 8.42. The van der Waals surface area contributed by atoms with Crippen LogP contribution in [-0.2, 0) is 43.9 Å². The van der Waals surface area contributed by atoms with E-state index in [2.05, 4.69) is 245 Å². The number of aromatic nitrogens is 2. The molecular formula is C57H51BN3O2PRu. The Bertz CT molecular complexity index is 2480. The van der Waals surface area contributed by atoms with Gasteiger partial charge in [0, 0.05) is 38.0 Å². The summed E-state index contributed by atoms with van der Waals surface area (Å²) in [6.07, 6.45) is 2.52. The number of rotatable bonds is 13. The molecule has 2 heterocycles. The molecule has 0 aliphatic carbocycles. The standard InChI is InChI=1S/C31H28N3P.C24H20B.C2H4O2.Ru/c1-3-16-29(17-4-1)35(30-18-5-2-6-19-30)31-20-8-7-13-26(31)23-34(24-27-14-9-11-21-32-27)25-28-15-10-12-22-33-28;1-5-13-21(14-6-1)25(22-15-7-2-8-16-22,23-17-9-3-10-18-23)24-19-11-4-12-20-24;1-2(3)4;/h1-22H,23-25H2;1-20H;1H3,(H,3,4);/q;-1;;+2/p-1. The predicted octanol–water partition coefficient (Wildman–Crippen LogP) is 7.25. The van der Waals surface area contributed by atoms with Crippen LogP contribution in [0.3, 0.4) is 0 Å². The second-order valence-electron chi connectivity index (χ2n) is 15.4. The fraction of sp³-hybridized carbons (Fsp3) is 0.0702. The zero-order chi connectivity index (χ0) is 44.2. The largest absolute Gasteiger partial charge is 2.00 e. The number of nitrogens with zero attached hydrogens (tertiary/aromatic N) is 3. The molecule has 65 heavy (non-hydrogen) atoms. The summed E-state index contributed by atoms with van der Waals surface area (Å²) in [5.74, 6) is -1.08. The van der Waals surface area contributed by atoms with Crippen molar-refractivity contribution < 1.29 is 29.4 Å². The van der Waals surface area contributed by atoms with Gasteiger partial charge in [-0.05, 0) is 60.6 Å². The summed E-state index contributed by atoms with van der Waals surface area (Å²) in [4.78, 5) is 20.5. The van der Waals surface area contributed by atoms with Gasteiger partial charge in [0.25, 0.3) is 0 Å². The molecule has 0 saturated heterocycles. The minimum absolute atomic E-state index is 0. The van der Waals surface area contributed by atoms with Gasteiger partial charge in [-0.3, -0.25) is 14.9 Å². The third-order valence-electron chi connectivity index (χ3n) is 11.1. The Kier molecular flexibility index (Phi) is 18.4. The van der Waals surface area contributed by atoms with Crippen molar-refractivity contribution >= 4 is 57.8 Å². The van der Waals surface area contributed by atoms with Crippen molar-refractivity contribution in [3.63, 3.8) is 0 Å². The summed E-state index contributed by atoms with van der Waals surface area (Å²) in [6, 6.07) is 86.5. The number of pyridine rings is 2. The third-order valence-corrected chi connectivity index (χ3v) is 13.6. The number of hydrogen-bond acceptors (Lipinski definition) is 5. The third kappa shape index (κ3) is 13.0. The van der Waals surface area contributed by atoms with E-state index in [1.54, 1.807) is 0 Å². The Morgan fingerprint density at radius 1 is 0.446 bits per heavy atom. The second-order valence-corrected chi connectivity index (χ2v) is 17.6. The molecule has 0 bridgehead atoms. The molecule has 0 aliphatic rings. The molecule has 0 N–H and O–H groups in total. The summed E-state index contributed by atoms with van der Waals surface area (Å²) in [7, 11) is -0.674. The predicted molar refractivity (Wildman–Crippen MR) is 267 cm³/mol. The smallest absolute Gasteiger partial charge is 0.550 e. The van der Waals surface area contributed by atoms with Gasteiger partial charge in [0.2, 0.25) is 0 Å². The first kappa shape index (κ1) is 47.9. The average Bonchev–Trinajstić information content (AvgIpc) is 3.35. The number of hydrogen-bond donors (Lipinski definition) is 0. The molecule has 322 valence electrons. The van der Waals surface area contributed by atoms with E-state index in [0.29, 0.717) is 0 Å². The Hall–Kier alpha value is -6.61. The van der Waals surface area contributed by atoms with Crippen LogP contribution in [0.1, 0.15) is 23.9 Å². The van der Waals surface area contributed by atoms with Crippen LogP contribution in [-0.4, -0.2) is 27.0 Å². The SMILES string of the molecule is CC(=O)[O-].[Ru+2].c1ccc(P(c2ccccc2)c2ccccc2CN(Cc2ccccn2)Cc2ccccn2)cc1.c1ccc([B-](c2ccccc2)(c2ccccc2)c2ccccc2)cc1. The molecule has 0 unspecified atom stereocenters. The Morgan fingerprint density at radius 2 is 0.754 bits per heavy atom. The molecule has 5 nitrogen and oxygen atoms in total. The molecule has 9 aromatic rings. The zero-order valence-corrected chi connectivity index (χ0v) is 39.0. The zero-order valence-electron chi connectivity index (χ0n) is 36.4. The topological polar surface area (TPSA) is 69.2 Å². The van der Waals surface area contributed by atoms with Crippen molar-refractivity contribution in [2.75, 3.05) is 0 Å². The first-order valence-electron chi connectivity index (χ1n) is 21.6. The maximum absolute atomic E-state index is 8.89. The summed E-state index contributed by atoms with van der Waals surface area (Å²) >= 11 is 0. The first-order valence-corrected chi connectivity index (χ1v) is 22.9. The fourth-order valence-corrected chi connectivity index (χ4v) is 10.9. The van der Waals surface area contributed by atoms with E-state index in [9.17, 15) is 0 Å². The number of carbonyl (C=O) groups excluding carboxylic acids is 1. The van der Waals surface area contributed by atoms with E-state index in [0.717, 1.165) is 37.9 Å². The molecule has 0 atom stereocenters. The van der Waals surface area contributed by atoms with Gasteiger partial charge in [-0.25, -0.2) is 0 Å². The second kappa shape index (κ2) is 25.0. The van der Waals surface area contributed by atoms with Crippen LogP contribution < -0.4 is 42.9 Å². The number of carboxylic acids is 1. The van der Waals surface area contributed by atoms with E-state index in [4.69, 9.17) is 9.90 Å². The molecule has 7 aromatic carbocycles. The quantitative estimate of drug-likeness (QED) is 0.0901. The minimum Gasteiger partial charge on any atom is -0.550 e. The number of carboxylic acid groups (broad SMARTS) is 1. The molecule has 0 amide bonds. The maximum Gasteiger partial charge on any atom is 2.00 e. The van der Waals surface area contributed by atoms with Crippen molar-refractivity contribution in [3.8, 4) is 0 Å². The molecule has 0 fully saturated rings. The van der Waals surface area contributed by atoms with Gasteiger partial charge in [0.1, 0.15) is 6.15 Å². The number of aliphatic carboxylic acids is 1. The molecule has 9 rings (SSSR count). The van der Waals surface area contributed by atoms with Gasteiger partial charge >= 0.3 is 19.5 Å². The van der Waals surface area contributed by atoms with Crippen molar-refractivity contribution in [3.05, 3.63) is 272 Å². The van der Waals surface area contributed by atoms with Crippen molar-refractivity contribution in [1.82, 2.24) is 14.9 Å². The van der Waals surface area contributed by atoms with Crippen LogP contribution in [0.5, 0.6) is 0 Å². The van der Waals surface area contributed by atoms with Crippen LogP contribution >= 0.6 is 7.92 Å². The van der Waals surface area contributed by atoms with E-state index >= 15 is 0 Å². The van der Waals surface area contributed by atoms with Crippen molar-refractivity contribution in [2.24, 2.45) is 0 Å². The van der Waals surface area contributed by atoms with Crippen molar-refractivity contribution in [2.45, 2.75) is 26.6 Å². The van der Waals surface area contributed by atoms with Gasteiger partial charge in [0.15, 0.2) is 0 Å². The van der Waals surface area contributed by atoms with Crippen LogP contribution in [0.15, 0.2) is 255 Å². The van der Waals surface area contributed by atoms with Crippen molar-refractivity contribution in [1.29, 1.82) is 0 Å². The Morgan fingerprint density at radius 3 is 1.09 bits per heavy atom. The Balaban J connectivity index is 0.000000205. The van der Waals surface area contributed by atoms with Crippen LogP contribution in [0, 0.1) is 0 Å². The molecule has 0 radical (unpaired) electrons. The Labute approximate surface area is 398 Å². The minimum atomic E-state index is -1.22. The normalized spacial score (nSPS) is 10.7. The summed E-state index contributed by atoms with van der Waals surface area (Å²) in [5, 5.41) is 13.0. The molecule has 0 spiro atoms. The van der Waals surface area contributed by atoms with Crippen LogP contribution in [0.2, 0.25) is 0 Å². The molecule has 0 saturated carbocycles. The van der Waals surface area contributed by atoms with E-state index in [1.807, 2.05) is 24.5 Å². The number of carbonyl (C=O) groups is 1. The van der Waals surface area contributed by atoms with Crippen LogP contribution in [0.4, 0.5) is 0 Å². The first-order chi connectivity index (χ1) is 31.5. The van der Waals surface area contributed by atoms with Gasteiger partial charge < -0.3 is 9.90 Å². The van der Waals surface area contributed by atoms with Gasteiger partial charge in [-0.1, -0.05) is 218 Å². The summed E-state index contributed by atoms with van der Waals surface area (Å²) < 4.78 is 0. The van der Waals surface area contributed by atoms with Crippen LogP contribution in [0.25, 0.3) is 0 Å². The molecule has 2 aromatic heterocycles. The molecular weight excluding hydrogens is 902 g/mol. The average molecular weight is 953 g/mol. The monoisotopic (exact) mass is 953 g/mol. The number of benzene rings is 7. The van der Waals surface area contributed by atoms with Gasteiger partial charge in [0.05, 0.1) is 11.4 Å². The maximum atomic E-state index is 8.89.